The van der Waals surface area contributed by atoms with Gasteiger partial charge < -0.3 is 24.2 Å². The first-order chi connectivity index (χ1) is 15.2. The van der Waals surface area contributed by atoms with Crippen molar-refractivity contribution in [2.24, 2.45) is 0 Å². The van der Waals surface area contributed by atoms with Gasteiger partial charge in [0.1, 0.15) is 17.3 Å². The zero-order valence-electron chi connectivity index (χ0n) is 17.4. The lowest BCUT2D eigenvalue weighted by molar-refractivity contribution is -0.140. The third kappa shape index (κ3) is 4.38. The molecule has 3 rings (SSSR count). The third-order valence-corrected chi connectivity index (χ3v) is 6.10. The number of benzene rings is 2. The number of carbonyl (C=O) groups excluding carboxylic acids is 2. The molecule has 1 atom stereocenters. The minimum Gasteiger partial charge on any atom is -0.507 e. The van der Waals surface area contributed by atoms with Crippen molar-refractivity contribution in [1.29, 1.82) is 0 Å². The topological polar surface area (TPSA) is 85.3 Å². The van der Waals surface area contributed by atoms with Gasteiger partial charge in [0.05, 0.1) is 53.1 Å². The molecule has 1 amide bonds. The Morgan fingerprint density at radius 2 is 1.66 bits per heavy atom. The number of nitrogens with zero attached hydrogens (tertiary/aromatic N) is 1. The van der Waals surface area contributed by atoms with Crippen LogP contribution in [0.1, 0.15) is 17.2 Å². The van der Waals surface area contributed by atoms with E-state index in [-0.39, 0.29) is 45.8 Å². The summed E-state index contributed by atoms with van der Waals surface area (Å²) in [5.41, 5.74) is 0.506. The van der Waals surface area contributed by atoms with Crippen LogP contribution >= 0.6 is 34.8 Å². The summed E-state index contributed by atoms with van der Waals surface area (Å²) in [7, 11) is 4.29. The summed E-state index contributed by atoms with van der Waals surface area (Å²) in [6.07, 6.45) is 0. The van der Waals surface area contributed by atoms with E-state index in [1.807, 2.05) is 0 Å². The summed E-state index contributed by atoms with van der Waals surface area (Å²) in [5, 5.41) is 12.0. The lowest BCUT2D eigenvalue weighted by atomic mass is 9.95. The van der Waals surface area contributed by atoms with Crippen LogP contribution in [0, 0.1) is 0 Å². The van der Waals surface area contributed by atoms with Crippen molar-refractivity contribution in [3.63, 3.8) is 0 Å². The summed E-state index contributed by atoms with van der Waals surface area (Å²) in [4.78, 5) is 27.2. The Hall–Kier alpha value is -2.45. The fraction of sp³-hybridized carbons (Fsp3) is 0.273. The van der Waals surface area contributed by atoms with E-state index < -0.39 is 23.5 Å². The van der Waals surface area contributed by atoms with E-state index in [9.17, 15) is 14.7 Å². The number of hydrogen-bond acceptors (Lipinski definition) is 6. The Morgan fingerprint density at radius 3 is 2.25 bits per heavy atom. The zero-order valence-corrected chi connectivity index (χ0v) is 19.7. The van der Waals surface area contributed by atoms with E-state index >= 15 is 0 Å². The molecule has 1 unspecified atom stereocenters. The Labute approximate surface area is 200 Å². The number of rotatable bonds is 7. The van der Waals surface area contributed by atoms with Gasteiger partial charge in [-0.25, -0.2) is 0 Å². The molecule has 0 bridgehead atoms. The zero-order chi connectivity index (χ0) is 23.6. The molecule has 10 heteroatoms. The largest absolute Gasteiger partial charge is 0.507 e. The van der Waals surface area contributed by atoms with Gasteiger partial charge in [0.25, 0.3) is 11.7 Å². The number of ether oxygens (including phenoxy) is 3. The molecule has 170 valence electrons. The highest BCUT2D eigenvalue weighted by Gasteiger charge is 2.46. The molecule has 0 saturated carbocycles. The number of carbonyl (C=O) groups is 2. The van der Waals surface area contributed by atoms with Crippen molar-refractivity contribution in [3.05, 3.63) is 62.1 Å². The molecule has 0 aliphatic carbocycles. The quantitative estimate of drug-likeness (QED) is 0.336. The average Bonchev–Trinajstić information content (AvgIpc) is 3.03. The predicted molar refractivity (Wildman–Crippen MR) is 122 cm³/mol. The molecule has 2 aromatic rings. The number of aliphatic hydroxyl groups is 1. The smallest absolute Gasteiger partial charge is 0.295 e. The highest BCUT2D eigenvalue weighted by Crippen LogP contribution is 2.43. The van der Waals surface area contributed by atoms with Gasteiger partial charge in [-0.05, 0) is 23.8 Å². The maximum absolute atomic E-state index is 13.0. The maximum atomic E-state index is 13.0. The van der Waals surface area contributed by atoms with Gasteiger partial charge in [-0.15, -0.1) is 0 Å². The first-order valence-corrected chi connectivity index (χ1v) is 10.5. The molecule has 1 aliphatic rings. The maximum Gasteiger partial charge on any atom is 0.295 e. The molecule has 0 spiro atoms. The van der Waals surface area contributed by atoms with Gasteiger partial charge in [-0.2, -0.15) is 0 Å². The van der Waals surface area contributed by atoms with E-state index in [0.29, 0.717) is 10.6 Å². The molecule has 0 aromatic heterocycles. The number of halogens is 3. The minimum atomic E-state index is -0.925. The first-order valence-electron chi connectivity index (χ1n) is 9.39. The van der Waals surface area contributed by atoms with Gasteiger partial charge >= 0.3 is 0 Å². The van der Waals surface area contributed by atoms with Crippen molar-refractivity contribution < 1.29 is 28.9 Å². The number of hydrogen-bond donors (Lipinski definition) is 1. The molecule has 1 heterocycles. The number of methoxy groups -OCH3 is 3. The van der Waals surface area contributed by atoms with Gasteiger partial charge in [0, 0.05) is 19.7 Å². The van der Waals surface area contributed by atoms with Crippen LogP contribution in [0.4, 0.5) is 0 Å². The lowest BCUT2D eigenvalue weighted by Crippen LogP contribution is -2.32. The molecule has 2 aromatic carbocycles. The molecule has 0 radical (unpaired) electrons. The van der Waals surface area contributed by atoms with Crippen molar-refractivity contribution in [2.75, 3.05) is 34.5 Å². The second-order valence-corrected chi connectivity index (χ2v) is 8.07. The molecule has 7 nitrogen and oxygen atoms in total. The van der Waals surface area contributed by atoms with Crippen molar-refractivity contribution in [1.82, 2.24) is 4.90 Å². The standard InChI is InChI=1S/C22H20Cl3NO6/c1-30-7-6-26-19(11-4-5-13(23)14(24)8-11)18(21(28)22(26)29)20(27)12-9-17(32-3)15(25)10-16(12)31-2/h4-5,8-10,19,27H,6-7H2,1-3H3/b20-18+. The SMILES string of the molecule is COCCN1C(=O)C(=O)/C(=C(/O)c2cc(OC)c(Cl)cc2OC)C1c1ccc(Cl)c(Cl)c1. The van der Waals surface area contributed by atoms with E-state index in [0.717, 1.165) is 0 Å². The number of aliphatic hydroxyl groups excluding tert-OH is 1. The minimum absolute atomic E-state index is 0.115. The first kappa shape index (κ1) is 24.2. The Kier molecular flexibility index (Phi) is 7.56. The van der Waals surface area contributed by atoms with E-state index in [2.05, 4.69) is 0 Å². The molecule has 32 heavy (non-hydrogen) atoms. The number of amides is 1. The van der Waals surface area contributed by atoms with Crippen molar-refractivity contribution >= 4 is 52.3 Å². The second-order valence-electron chi connectivity index (χ2n) is 6.85. The number of ketones is 1. The molecule has 1 N–H and O–H groups in total. The van der Waals surface area contributed by atoms with Crippen LogP contribution < -0.4 is 9.47 Å². The van der Waals surface area contributed by atoms with Gasteiger partial charge in [0.15, 0.2) is 0 Å². The van der Waals surface area contributed by atoms with Crippen molar-refractivity contribution in [2.45, 2.75) is 6.04 Å². The Bertz CT molecular complexity index is 1100. The predicted octanol–water partition coefficient (Wildman–Crippen LogP) is 4.73. The third-order valence-electron chi connectivity index (χ3n) is 5.06. The van der Waals surface area contributed by atoms with Crippen LogP contribution in [0.2, 0.25) is 15.1 Å². The number of Topliss-reactive ketones (excluding diaryl/α,β-unsaturated/α-hetero) is 1. The summed E-state index contributed by atoms with van der Waals surface area (Å²) in [6.45, 7) is 0.298. The van der Waals surface area contributed by atoms with Crippen LogP contribution in [0.3, 0.4) is 0 Å². The molecular formula is C22H20Cl3NO6. The van der Waals surface area contributed by atoms with E-state index in [1.165, 1.54) is 38.4 Å². The Morgan fingerprint density at radius 1 is 0.969 bits per heavy atom. The highest BCUT2D eigenvalue weighted by molar-refractivity contribution is 6.47. The Balaban J connectivity index is 2.27. The number of likely N-dealkylation sites (tertiary alicyclic amines) is 1. The average molecular weight is 501 g/mol. The fourth-order valence-electron chi connectivity index (χ4n) is 3.52. The van der Waals surface area contributed by atoms with E-state index in [4.69, 9.17) is 49.0 Å². The molecule has 1 aliphatic heterocycles. The summed E-state index contributed by atoms with van der Waals surface area (Å²) in [6, 6.07) is 6.70. The molecular weight excluding hydrogens is 481 g/mol. The van der Waals surface area contributed by atoms with Gasteiger partial charge in [-0.3, -0.25) is 9.59 Å². The van der Waals surface area contributed by atoms with Crippen LogP contribution in [-0.2, 0) is 14.3 Å². The summed E-state index contributed by atoms with van der Waals surface area (Å²) >= 11 is 18.4. The van der Waals surface area contributed by atoms with Crippen LogP contribution in [0.5, 0.6) is 11.5 Å². The summed E-state index contributed by atoms with van der Waals surface area (Å²) in [5.74, 6) is -1.62. The van der Waals surface area contributed by atoms with Gasteiger partial charge in [-0.1, -0.05) is 40.9 Å². The normalized spacial score (nSPS) is 17.7. The fourth-order valence-corrected chi connectivity index (χ4v) is 4.06. The lowest BCUT2D eigenvalue weighted by Gasteiger charge is -2.25. The van der Waals surface area contributed by atoms with E-state index in [1.54, 1.807) is 18.2 Å². The van der Waals surface area contributed by atoms with Gasteiger partial charge in [0.2, 0.25) is 0 Å². The highest BCUT2D eigenvalue weighted by atomic mass is 35.5. The van der Waals surface area contributed by atoms with Crippen LogP contribution in [-0.4, -0.2) is 56.2 Å². The van der Waals surface area contributed by atoms with Crippen LogP contribution in [0.25, 0.3) is 5.76 Å². The van der Waals surface area contributed by atoms with Crippen LogP contribution in [0.15, 0.2) is 35.9 Å². The molecule has 1 saturated heterocycles. The second kappa shape index (κ2) is 10.0. The monoisotopic (exact) mass is 499 g/mol. The summed E-state index contributed by atoms with van der Waals surface area (Å²) < 4.78 is 15.7. The molecule has 1 fully saturated rings. The van der Waals surface area contributed by atoms with Crippen molar-refractivity contribution in [3.8, 4) is 11.5 Å².